The zero-order valence-corrected chi connectivity index (χ0v) is 8.67. The van der Waals surface area contributed by atoms with Gasteiger partial charge in [0.2, 0.25) is 11.7 Å². The first kappa shape index (κ1) is 10.2. The summed E-state index contributed by atoms with van der Waals surface area (Å²) in [5.41, 5.74) is 0.798. The fourth-order valence-electron chi connectivity index (χ4n) is 1.27. The molecule has 0 aliphatic carbocycles. The Balaban J connectivity index is 2.31. The van der Waals surface area contributed by atoms with Crippen molar-refractivity contribution >= 4 is 0 Å². The van der Waals surface area contributed by atoms with Crippen molar-refractivity contribution in [2.45, 2.75) is 6.42 Å². The molecule has 80 valence electrons. The molecular weight excluding hydrogens is 206 g/mol. The van der Waals surface area contributed by atoms with Crippen molar-refractivity contribution in [1.29, 1.82) is 5.26 Å². The summed E-state index contributed by atoms with van der Waals surface area (Å²) in [4.78, 5) is 4.09. The van der Waals surface area contributed by atoms with Gasteiger partial charge in [0.25, 0.3) is 0 Å². The lowest BCUT2D eigenvalue weighted by Crippen LogP contribution is -1.85. The highest BCUT2D eigenvalue weighted by atomic mass is 16.5. The van der Waals surface area contributed by atoms with Crippen LogP contribution in [0.2, 0.25) is 0 Å². The van der Waals surface area contributed by atoms with Crippen molar-refractivity contribution in [3.05, 3.63) is 30.2 Å². The fourth-order valence-corrected chi connectivity index (χ4v) is 1.27. The van der Waals surface area contributed by atoms with Crippen LogP contribution in [0.3, 0.4) is 0 Å². The Hall–Kier alpha value is -2.35. The molecule has 2 aromatic rings. The maximum atomic E-state index is 8.48. The Morgan fingerprint density at radius 3 is 3.12 bits per heavy atom. The van der Waals surface area contributed by atoms with E-state index in [-0.39, 0.29) is 6.42 Å². The molecule has 5 heteroatoms. The third kappa shape index (κ3) is 2.01. The predicted octanol–water partition coefficient (Wildman–Crippen LogP) is 1.81. The van der Waals surface area contributed by atoms with Gasteiger partial charge in [-0.1, -0.05) is 17.3 Å². The Morgan fingerprint density at radius 2 is 2.38 bits per heavy atom. The van der Waals surface area contributed by atoms with Crippen LogP contribution in [0.5, 0.6) is 5.75 Å². The van der Waals surface area contributed by atoms with Crippen LogP contribution in [0.15, 0.2) is 28.8 Å². The van der Waals surface area contributed by atoms with Crippen molar-refractivity contribution in [3.8, 4) is 23.2 Å². The molecule has 1 heterocycles. The van der Waals surface area contributed by atoms with Crippen LogP contribution >= 0.6 is 0 Å². The molecule has 0 amide bonds. The number of nitriles is 1. The number of methoxy groups -OCH3 is 1. The molecule has 1 aromatic heterocycles. The first-order valence-electron chi connectivity index (χ1n) is 4.67. The van der Waals surface area contributed by atoms with Crippen LogP contribution < -0.4 is 4.74 Å². The second-order valence-corrected chi connectivity index (χ2v) is 3.08. The van der Waals surface area contributed by atoms with Gasteiger partial charge in [0.1, 0.15) is 12.2 Å². The second kappa shape index (κ2) is 4.45. The number of hydrogen-bond donors (Lipinski definition) is 0. The van der Waals surface area contributed by atoms with E-state index in [1.54, 1.807) is 13.2 Å². The molecule has 0 unspecified atom stereocenters. The molecule has 0 aliphatic heterocycles. The molecule has 0 saturated heterocycles. The van der Waals surface area contributed by atoms with Crippen LogP contribution in [0.1, 0.15) is 5.89 Å². The summed E-state index contributed by atoms with van der Waals surface area (Å²) in [6.07, 6.45) is 0.122. The highest BCUT2D eigenvalue weighted by Crippen LogP contribution is 2.21. The van der Waals surface area contributed by atoms with Gasteiger partial charge in [-0.15, -0.1) is 0 Å². The fraction of sp³-hybridized carbons (Fsp3) is 0.182. The van der Waals surface area contributed by atoms with E-state index in [2.05, 4.69) is 10.1 Å². The van der Waals surface area contributed by atoms with E-state index >= 15 is 0 Å². The molecule has 0 spiro atoms. The van der Waals surface area contributed by atoms with E-state index in [4.69, 9.17) is 14.5 Å². The van der Waals surface area contributed by atoms with Crippen molar-refractivity contribution in [3.63, 3.8) is 0 Å². The number of hydrogen-bond acceptors (Lipinski definition) is 5. The number of rotatable bonds is 3. The van der Waals surface area contributed by atoms with Crippen molar-refractivity contribution in [2.24, 2.45) is 0 Å². The van der Waals surface area contributed by atoms with Crippen molar-refractivity contribution in [2.75, 3.05) is 7.11 Å². The van der Waals surface area contributed by atoms with Crippen LogP contribution in [0, 0.1) is 11.3 Å². The van der Waals surface area contributed by atoms with Crippen LogP contribution in [-0.2, 0) is 6.42 Å². The number of ether oxygens (including phenoxy) is 1. The highest BCUT2D eigenvalue weighted by Gasteiger charge is 2.08. The molecule has 0 atom stereocenters. The van der Waals surface area contributed by atoms with E-state index in [0.29, 0.717) is 11.7 Å². The number of nitrogens with zero attached hydrogens (tertiary/aromatic N) is 3. The molecule has 0 radical (unpaired) electrons. The lowest BCUT2D eigenvalue weighted by atomic mass is 10.2. The Labute approximate surface area is 92.3 Å². The molecule has 16 heavy (non-hydrogen) atoms. The lowest BCUT2D eigenvalue weighted by Gasteiger charge is -1.99. The van der Waals surface area contributed by atoms with Gasteiger partial charge in [-0.2, -0.15) is 10.2 Å². The van der Waals surface area contributed by atoms with Gasteiger partial charge in [-0.3, -0.25) is 0 Å². The van der Waals surface area contributed by atoms with Crippen molar-refractivity contribution < 1.29 is 9.26 Å². The summed E-state index contributed by atoms with van der Waals surface area (Å²) in [7, 11) is 1.59. The van der Waals surface area contributed by atoms with E-state index in [1.807, 2.05) is 24.3 Å². The van der Waals surface area contributed by atoms with E-state index in [0.717, 1.165) is 11.3 Å². The minimum absolute atomic E-state index is 0.122. The van der Waals surface area contributed by atoms with Crippen LogP contribution in [0.4, 0.5) is 0 Å². The minimum atomic E-state index is 0.122. The predicted molar refractivity (Wildman–Crippen MR) is 55.6 cm³/mol. The summed E-state index contributed by atoms with van der Waals surface area (Å²) < 4.78 is 10.0. The average Bonchev–Trinajstić information content (AvgIpc) is 2.78. The van der Waals surface area contributed by atoms with E-state index in [1.165, 1.54) is 0 Å². The number of aromatic nitrogens is 2. The lowest BCUT2D eigenvalue weighted by molar-refractivity contribution is 0.387. The van der Waals surface area contributed by atoms with Crippen molar-refractivity contribution in [1.82, 2.24) is 10.1 Å². The maximum Gasteiger partial charge on any atom is 0.241 e. The molecule has 1 aromatic carbocycles. The maximum absolute atomic E-state index is 8.48. The van der Waals surface area contributed by atoms with Gasteiger partial charge in [0.05, 0.1) is 13.2 Å². The minimum Gasteiger partial charge on any atom is -0.497 e. The average molecular weight is 215 g/mol. The molecule has 0 fully saturated rings. The Morgan fingerprint density at radius 1 is 1.50 bits per heavy atom. The van der Waals surface area contributed by atoms with Crippen LogP contribution in [-0.4, -0.2) is 17.3 Å². The molecule has 2 rings (SSSR count). The second-order valence-electron chi connectivity index (χ2n) is 3.08. The van der Waals surface area contributed by atoms with Gasteiger partial charge in [0.15, 0.2) is 0 Å². The summed E-state index contributed by atoms with van der Waals surface area (Å²) >= 11 is 0. The monoisotopic (exact) mass is 215 g/mol. The third-order valence-electron chi connectivity index (χ3n) is 2.03. The normalized spacial score (nSPS) is 9.75. The summed E-state index contributed by atoms with van der Waals surface area (Å²) in [5, 5.41) is 12.3. The summed E-state index contributed by atoms with van der Waals surface area (Å²) in [5.74, 6) is 1.51. The topological polar surface area (TPSA) is 71.9 Å². The standard InChI is InChI=1S/C11H9N3O2/c1-15-9-4-2-3-8(7-9)11-13-10(5-6-12)16-14-11/h2-4,7H,5H2,1H3. The zero-order valence-electron chi connectivity index (χ0n) is 8.67. The van der Waals surface area contributed by atoms with Gasteiger partial charge < -0.3 is 9.26 Å². The summed E-state index contributed by atoms with van der Waals surface area (Å²) in [6.45, 7) is 0. The quantitative estimate of drug-likeness (QED) is 0.780. The number of benzene rings is 1. The smallest absolute Gasteiger partial charge is 0.241 e. The first-order valence-corrected chi connectivity index (χ1v) is 4.67. The van der Waals surface area contributed by atoms with Gasteiger partial charge in [0, 0.05) is 5.56 Å². The Kier molecular flexibility index (Phi) is 2.83. The van der Waals surface area contributed by atoms with Crippen LogP contribution in [0.25, 0.3) is 11.4 Å². The first-order chi connectivity index (χ1) is 7.83. The van der Waals surface area contributed by atoms with E-state index < -0.39 is 0 Å². The van der Waals surface area contributed by atoms with Gasteiger partial charge in [-0.25, -0.2) is 0 Å². The molecule has 0 aliphatic rings. The van der Waals surface area contributed by atoms with Gasteiger partial charge >= 0.3 is 0 Å². The highest BCUT2D eigenvalue weighted by molar-refractivity contribution is 5.56. The molecule has 5 nitrogen and oxygen atoms in total. The van der Waals surface area contributed by atoms with Gasteiger partial charge in [-0.05, 0) is 12.1 Å². The van der Waals surface area contributed by atoms with E-state index in [9.17, 15) is 0 Å². The molecular formula is C11H9N3O2. The zero-order chi connectivity index (χ0) is 11.4. The molecule has 0 saturated carbocycles. The largest absolute Gasteiger partial charge is 0.497 e. The Bertz CT molecular complexity index is 528. The molecule has 0 N–H and O–H groups in total. The summed E-state index contributed by atoms with van der Waals surface area (Å²) in [6, 6.07) is 9.28. The molecule has 0 bridgehead atoms. The SMILES string of the molecule is COc1cccc(-c2noc(CC#N)n2)c1. The third-order valence-corrected chi connectivity index (χ3v) is 2.03.